The number of hydrogen-bond acceptors (Lipinski definition) is 4. The van der Waals surface area contributed by atoms with Crippen molar-refractivity contribution in [3.63, 3.8) is 0 Å². The number of rotatable bonds is 2. The Morgan fingerprint density at radius 3 is 2.72 bits per heavy atom. The Bertz CT molecular complexity index is 264. The molecular formula is C14H27N3O. The first-order valence-electron chi connectivity index (χ1n) is 7.62. The molecule has 0 spiro atoms. The molecule has 3 rings (SSSR count). The average Bonchev–Trinajstić information content (AvgIpc) is 2.42. The van der Waals surface area contributed by atoms with Crippen molar-refractivity contribution < 1.29 is 4.74 Å². The molecule has 0 saturated carbocycles. The molecule has 3 aliphatic heterocycles. The maximum Gasteiger partial charge on any atom is 0.0625 e. The lowest BCUT2D eigenvalue weighted by atomic mass is 9.87. The van der Waals surface area contributed by atoms with Gasteiger partial charge in [0.2, 0.25) is 0 Å². The van der Waals surface area contributed by atoms with Gasteiger partial charge in [-0.25, -0.2) is 0 Å². The van der Waals surface area contributed by atoms with Crippen LogP contribution in [0.3, 0.4) is 0 Å². The van der Waals surface area contributed by atoms with Gasteiger partial charge in [0, 0.05) is 25.2 Å². The summed E-state index contributed by atoms with van der Waals surface area (Å²) in [4.78, 5) is 5.29. The van der Waals surface area contributed by atoms with Crippen LogP contribution in [0, 0.1) is 5.92 Å². The first kappa shape index (κ1) is 12.9. The summed E-state index contributed by atoms with van der Waals surface area (Å²) in [6.45, 7) is 7.98. The highest BCUT2D eigenvalue weighted by Gasteiger charge is 2.34. The van der Waals surface area contributed by atoms with E-state index < -0.39 is 0 Å². The van der Waals surface area contributed by atoms with Crippen LogP contribution in [0.4, 0.5) is 0 Å². The fourth-order valence-corrected chi connectivity index (χ4v) is 3.80. The molecule has 2 atom stereocenters. The van der Waals surface area contributed by atoms with Gasteiger partial charge in [0.1, 0.15) is 0 Å². The first-order chi connectivity index (χ1) is 8.83. The molecule has 3 aliphatic rings. The van der Waals surface area contributed by atoms with E-state index >= 15 is 0 Å². The summed E-state index contributed by atoms with van der Waals surface area (Å²) in [6, 6.07) is 1.13. The van der Waals surface area contributed by atoms with Crippen molar-refractivity contribution in [3.05, 3.63) is 0 Å². The van der Waals surface area contributed by atoms with Gasteiger partial charge in [-0.1, -0.05) is 0 Å². The van der Waals surface area contributed by atoms with Crippen LogP contribution in [0.25, 0.3) is 0 Å². The minimum Gasteiger partial charge on any atom is -0.378 e. The molecule has 3 fully saturated rings. The predicted molar refractivity (Wildman–Crippen MR) is 72.6 cm³/mol. The maximum atomic E-state index is 5.98. The second kappa shape index (κ2) is 5.87. The number of piperidine rings is 2. The zero-order valence-corrected chi connectivity index (χ0v) is 11.4. The number of fused-ring (bicyclic) bond motifs is 1. The Labute approximate surface area is 110 Å². The molecule has 0 aromatic carbocycles. The molecular weight excluding hydrogens is 226 g/mol. The normalized spacial score (nSPS) is 36.5. The Morgan fingerprint density at radius 2 is 1.89 bits per heavy atom. The van der Waals surface area contributed by atoms with Gasteiger partial charge in [-0.05, 0) is 51.2 Å². The van der Waals surface area contributed by atoms with Gasteiger partial charge >= 0.3 is 0 Å². The Morgan fingerprint density at radius 1 is 1.06 bits per heavy atom. The third kappa shape index (κ3) is 2.87. The van der Waals surface area contributed by atoms with Crippen molar-refractivity contribution in [1.29, 1.82) is 0 Å². The van der Waals surface area contributed by atoms with E-state index in [1.165, 1.54) is 51.9 Å². The molecule has 18 heavy (non-hydrogen) atoms. The van der Waals surface area contributed by atoms with Gasteiger partial charge in [-0.3, -0.25) is 4.90 Å². The highest BCUT2D eigenvalue weighted by atomic mass is 16.5. The summed E-state index contributed by atoms with van der Waals surface area (Å²) in [6.07, 6.45) is 5.11. The maximum absolute atomic E-state index is 5.98. The number of likely N-dealkylation sites (tertiary alicyclic amines) is 1. The highest BCUT2D eigenvalue weighted by molar-refractivity contribution is 4.89. The Balaban J connectivity index is 1.54. The second-order valence-electron chi connectivity index (χ2n) is 6.22. The van der Waals surface area contributed by atoms with Crippen molar-refractivity contribution >= 4 is 0 Å². The van der Waals surface area contributed by atoms with E-state index in [-0.39, 0.29) is 0 Å². The second-order valence-corrected chi connectivity index (χ2v) is 6.22. The van der Waals surface area contributed by atoms with Gasteiger partial charge < -0.3 is 15.4 Å². The minimum absolute atomic E-state index is 0.446. The lowest BCUT2D eigenvalue weighted by Crippen LogP contribution is -2.55. The van der Waals surface area contributed by atoms with Gasteiger partial charge in [0.15, 0.2) is 0 Å². The fraction of sp³-hybridized carbons (Fsp3) is 1.00. The summed E-state index contributed by atoms with van der Waals surface area (Å²) in [5.74, 6) is 0.813. The van der Waals surface area contributed by atoms with Crippen LogP contribution in [0.1, 0.15) is 25.7 Å². The first-order valence-corrected chi connectivity index (χ1v) is 7.62. The molecule has 4 nitrogen and oxygen atoms in total. The van der Waals surface area contributed by atoms with Crippen LogP contribution in [-0.4, -0.2) is 67.8 Å². The summed E-state index contributed by atoms with van der Waals surface area (Å²) in [5.41, 5.74) is 5.98. The fourth-order valence-electron chi connectivity index (χ4n) is 3.80. The molecule has 0 aromatic rings. The van der Waals surface area contributed by atoms with Crippen molar-refractivity contribution in [3.8, 4) is 0 Å². The zero-order valence-electron chi connectivity index (χ0n) is 11.4. The lowest BCUT2D eigenvalue weighted by Gasteiger charge is -2.46. The standard InChI is InChI=1S/C14H27N3O/c15-13-3-6-16(7-4-13)10-12-2-1-5-17-8-9-18-11-14(12)17/h12-14H,1-11,15H2/t12-,14+/m0/s1. The van der Waals surface area contributed by atoms with Crippen LogP contribution in [0.15, 0.2) is 0 Å². The number of nitrogens with zero attached hydrogens (tertiary/aromatic N) is 2. The SMILES string of the molecule is NC1CCN(C[C@@H]2CCCN3CCOC[C@H]23)CC1. The lowest BCUT2D eigenvalue weighted by molar-refractivity contribution is -0.0551. The smallest absolute Gasteiger partial charge is 0.0625 e. The van der Waals surface area contributed by atoms with Crippen LogP contribution in [-0.2, 0) is 4.74 Å². The zero-order chi connectivity index (χ0) is 12.4. The van der Waals surface area contributed by atoms with Crippen LogP contribution < -0.4 is 5.73 Å². The third-order valence-corrected chi connectivity index (χ3v) is 4.97. The van der Waals surface area contributed by atoms with E-state index in [0.717, 1.165) is 25.7 Å². The number of nitrogens with two attached hydrogens (primary N) is 1. The quantitative estimate of drug-likeness (QED) is 0.779. The predicted octanol–water partition coefficient (Wildman–Crippen LogP) is 0.520. The van der Waals surface area contributed by atoms with E-state index in [4.69, 9.17) is 10.5 Å². The number of morpholine rings is 1. The monoisotopic (exact) mass is 253 g/mol. The number of hydrogen-bond donors (Lipinski definition) is 1. The molecule has 4 heteroatoms. The third-order valence-electron chi connectivity index (χ3n) is 4.97. The van der Waals surface area contributed by atoms with Gasteiger partial charge in [-0.15, -0.1) is 0 Å². The molecule has 104 valence electrons. The van der Waals surface area contributed by atoms with E-state index in [1.807, 2.05) is 0 Å². The van der Waals surface area contributed by atoms with Crippen LogP contribution in [0.5, 0.6) is 0 Å². The Kier molecular flexibility index (Phi) is 4.19. The van der Waals surface area contributed by atoms with E-state index in [2.05, 4.69) is 9.80 Å². The topological polar surface area (TPSA) is 41.7 Å². The highest BCUT2D eigenvalue weighted by Crippen LogP contribution is 2.27. The number of ether oxygens (including phenoxy) is 1. The Hall–Kier alpha value is -0.160. The van der Waals surface area contributed by atoms with Crippen molar-refractivity contribution in [2.24, 2.45) is 11.7 Å². The van der Waals surface area contributed by atoms with E-state index in [0.29, 0.717) is 12.1 Å². The van der Waals surface area contributed by atoms with Gasteiger partial charge in [0.25, 0.3) is 0 Å². The van der Waals surface area contributed by atoms with Gasteiger partial charge in [0.05, 0.1) is 13.2 Å². The molecule has 0 amide bonds. The van der Waals surface area contributed by atoms with Crippen molar-refractivity contribution in [2.75, 3.05) is 45.9 Å². The molecule has 0 bridgehead atoms. The van der Waals surface area contributed by atoms with Crippen molar-refractivity contribution in [1.82, 2.24) is 9.80 Å². The summed E-state index contributed by atoms with van der Waals surface area (Å²) < 4.78 is 5.70. The molecule has 0 aliphatic carbocycles. The van der Waals surface area contributed by atoms with Crippen LogP contribution in [0.2, 0.25) is 0 Å². The van der Waals surface area contributed by atoms with E-state index in [9.17, 15) is 0 Å². The molecule has 2 N–H and O–H groups in total. The van der Waals surface area contributed by atoms with Crippen molar-refractivity contribution in [2.45, 2.75) is 37.8 Å². The summed E-state index contributed by atoms with van der Waals surface area (Å²) in [7, 11) is 0. The van der Waals surface area contributed by atoms with E-state index in [1.54, 1.807) is 0 Å². The molecule has 3 heterocycles. The molecule has 0 unspecified atom stereocenters. The molecule has 0 radical (unpaired) electrons. The molecule has 3 saturated heterocycles. The summed E-state index contributed by atoms with van der Waals surface area (Å²) in [5, 5.41) is 0. The largest absolute Gasteiger partial charge is 0.378 e. The summed E-state index contributed by atoms with van der Waals surface area (Å²) >= 11 is 0. The average molecular weight is 253 g/mol. The minimum atomic E-state index is 0.446. The van der Waals surface area contributed by atoms with Gasteiger partial charge in [-0.2, -0.15) is 0 Å². The van der Waals surface area contributed by atoms with Crippen LogP contribution >= 0.6 is 0 Å². The molecule has 0 aromatic heterocycles.